The molecule has 0 unspecified atom stereocenters. The van der Waals surface area contributed by atoms with Crippen LogP contribution in [0.5, 0.6) is 5.75 Å². The van der Waals surface area contributed by atoms with E-state index in [-0.39, 0.29) is 0 Å². The Morgan fingerprint density at radius 3 is 2.59 bits per heavy atom. The van der Waals surface area contributed by atoms with Crippen LogP contribution in [-0.4, -0.2) is 12.9 Å². The zero-order valence-corrected chi connectivity index (χ0v) is 10.9. The maximum absolute atomic E-state index is 10.6. The Hall–Kier alpha value is -1.31. The minimum Gasteiger partial charge on any atom is -0.493 e. The van der Waals surface area contributed by atoms with E-state index in [0.29, 0.717) is 5.56 Å². The second-order valence-corrected chi connectivity index (χ2v) is 4.41. The summed E-state index contributed by atoms with van der Waals surface area (Å²) in [5, 5.41) is 0. The topological polar surface area (TPSA) is 26.3 Å². The largest absolute Gasteiger partial charge is 0.493 e. The van der Waals surface area contributed by atoms with Crippen LogP contribution in [0.25, 0.3) is 0 Å². The van der Waals surface area contributed by atoms with Crippen LogP contribution >= 0.6 is 0 Å². The predicted molar refractivity (Wildman–Crippen MR) is 70.8 cm³/mol. The Kier molecular flexibility index (Phi) is 6.38. The Morgan fingerprint density at radius 2 is 1.94 bits per heavy atom. The number of unbranched alkanes of at least 4 members (excludes halogenated alkanes) is 4. The molecule has 0 bridgehead atoms. The molecule has 0 saturated heterocycles. The lowest BCUT2D eigenvalue weighted by Gasteiger charge is -2.09. The lowest BCUT2D eigenvalue weighted by atomic mass is 10.1. The van der Waals surface area contributed by atoms with Gasteiger partial charge in [-0.2, -0.15) is 0 Å². The molecule has 0 radical (unpaired) electrons. The molecule has 94 valence electrons. The van der Waals surface area contributed by atoms with Gasteiger partial charge in [0.2, 0.25) is 0 Å². The van der Waals surface area contributed by atoms with Gasteiger partial charge in [-0.05, 0) is 37.1 Å². The van der Waals surface area contributed by atoms with Crippen molar-refractivity contribution in [3.8, 4) is 5.75 Å². The van der Waals surface area contributed by atoms with Gasteiger partial charge in [0.1, 0.15) is 12.0 Å². The van der Waals surface area contributed by atoms with Gasteiger partial charge in [0, 0.05) is 5.56 Å². The molecule has 2 heteroatoms. The second-order valence-electron chi connectivity index (χ2n) is 4.41. The molecule has 0 aliphatic carbocycles. The highest BCUT2D eigenvalue weighted by Crippen LogP contribution is 2.18. The summed E-state index contributed by atoms with van der Waals surface area (Å²) in [5.74, 6) is 0.895. The summed E-state index contributed by atoms with van der Waals surface area (Å²) in [4.78, 5) is 10.6. The first-order valence-electron chi connectivity index (χ1n) is 6.46. The normalized spacial score (nSPS) is 10.2. The molecule has 0 atom stereocenters. The van der Waals surface area contributed by atoms with Crippen LogP contribution in [0.4, 0.5) is 0 Å². The van der Waals surface area contributed by atoms with Crippen molar-refractivity contribution in [2.45, 2.75) is 46.0 Å². The highest BCUT2D eigenvalue weighted by Gasteiger charge is 2.00. The maximum atomic E-state index is 10.6. The zero-order chi connectivity index (χ0) is 12.5. The molecule has 0 spiro atoms. The molecule has 17 heavy (non-hydrogen) atoms. The third-order valence-electron chi connectivity index (χ3n) is 2.84. The highest BCUT2D eigenvalue weighted by molar-refractivity contribution is 5.75. The van der Waals surface area contributed by atoms with E-state index in [1.165, 1.54) is 25.7 Å². The molecule has 0 heterocycles. The molecule has 1 aromatic carbocycles. The zero-order valence-electron chi connectivity index (χ0n) is 10.9. The van der Waals surface area contributed by atoms with Crippen LogP contribution < -0.4 is 4.74 Å². The molecule has 1 aromatic rings. The third kappa shape index (κ3) is 5.03. The number of aldehydes is 1. The van der Waals surface area contributed by atoms with Crippen molar-refractivity contribution in [3.05, 3.63) is 29.3 Å². The van der Waals surface area contributed by atoms with Crippen LogP contribution in [0.3, 0.4) is 0 Å². The molecular formula is C15H22O2. The number of hydrogen-bond acceptors (Lipinski definition) is 2. The number of hydrogen-bond donors (Lipinski definition) is 0. The van der Waals surface area contributed by atoms with Gasteiger partial charge in [-0.15, -0.1) is 0 Å². The Bertz CT molecular complexity index is 345. The van der Waals surface area contributed by atoms with E-state index in [9.17, 15) is 4.79 Å². The Balaban J connectivity index is 2.29. The molecule has 0 aromatic heterocycles. The van der Waals surface area contributed by atoms with Crippen molar-refractivity contribution >= 4 is 6.29 Å². The molecule has 0 N–H and O–H groups in total. The first-order chi connectivity index (χ1) is 8.27. The summed E-state index contributed by atoms with van der Waals surface area (Å²) in [6.45, 7) is 4.96. The maximum Gasteiger partial charge on any atom is 0.150 e. The van der Waals surface area contributed by atoms with Gasteiger partial charge in [0.15, 0.2) is 0 Å². The molecule has 1 rings (SSSR count). The predicted octanol–water partition coefficient (Wildman–Crippen LogP) is 4.16. The molecule has 2 nitrogen and oxygen atoms in total. The standard InChI is InChI=1S/C15H22O2/c1-3-4-5-6-7-10-17-15-9-8-14(12-16)11-13(15)2/h8-9,11-12H,3-7,10H2,1-2H3. The summed E-state index contributed by atoms with van der Waals surface area (Å²) < 4.78 is 5.70. The van der Waals surface area contributed by atoms with Crippen LogP contribution in [0.15, 0.2) is 18.2 Å². The molecule has 0 amide bonds. The summed E-state index contributed by atoms with van der Waals surface area (Å²) in [5.41, 5.74) is 1.74. The first kappa shape index (κ1) is 13.8. The average molecular weight is 234 g/mol. The fourth-order valence-electron chi connectivity index (χ4n) is 1.80. The van der Waals surface area contributed by atoms with Crippen molar-refractivity contribution in [2.24, 2.45) is 0 Å². The van der Waals surface area contributed by atoms with E-state index in [4.69, 9.17) is 4.74 Å². The van der Waals surface area contributed by atoms with Crippen molar-refractivity contribution in [1.29, 1.82) is 0 Å². The SMILES string of the molecule is CCCCCCCOc1ccc(C=O)cc1C. The second kappa shape index (κ2) is 7.88. The molecule has 0 aliphatic heterocycles. The number of carbonyl (C=O) groups excluding carboxylic acids is 1. The molecule has 0 aliphatic rings. The molecule has 0 saturated carbocycles. The summed E-state index contributed by atoms with van der Waals surface area (Å²) >= 11 is 0. The van der Waals surface area contributed by atoms with Gasteiger partial charge in [-0.3, -0.25) is 4.79 Å². The summed E-state index contributed by atoms with van der Waals surface area (Å²) in [6, 6.07) is 5.54. The smallest absolute Gasteiger partial charge is 0.150 e. The van der Waals surface area contributed by atoms with Crippen LogP contribution in [0, 0.1) is 6.92 Å². The number of rotatable bonds is 8. The number of carbonyl (C=O) groups is 1. The fraction of sp³-hybridized carbons (Fsp3) is 0.533. The van der Waals surface area contributed by atoms with E-state index >= 15 is 0 Å². The van der Waals surface area contributed by atoms with E-state index in [1.54, 1.807) is 6.07 Å². The van der Waals surface area contributed by atoms with Crippen LogP contribution in [-0.2, 0) is 0 Å². The van der Waals surface area contributed by atoms with Crippen molar-refractivity contribution in [2.75, 3.05) is 6.61 Å². The van der Waals surface area contributed by atoms with Crippen LogP contribution in [0.2, 0.25) is 0 Å². The summed E-state index contributed by atoms with van der Waals surface area (Å²) in [6.07, 6.45) is 7.08. The minimum absolute atomic E-state index is 0.706. The third-order valence-corrected chi connectivity index (χ3v) is 2.84. The Labute approximate surface area is 104 Å². The number of aryl methyl sites for hydroxylation is 1. The van der Waals surface area contributed by atoms with Gasteiger partial charge < -0.3 is 4.74 Å². The quantitative estimate of drug-likeness (QED) is 0.499. The van der Waals surface area contributed by atoms with E-state index in [1.807, 2.05) is 19.1 Å². The lowest BCUT2D eigenvalue weighted by molar-refractivity contribution is 0.112. The van der Waals surface area contributed by atoms with Crippen LogP contribution in [0.1, 0.15) is 54.9 Å². The molecule has 0 fully saturated rings. The lowest BCUT2D eigenvalue weighted by Crippen LogP contribution is -1.99. The van der Waals surface area contributed by atoms with E-state index in [2.05, 4.69) is 6.92 Å². The Morgan fingerprint density at radius 1 is 1.18 bits per heavy atom. The van der Waals surface area contributed by atoms with Gasteiger partial charge in [-0.25, -0.2) is 0 Å². The summed E-state index contributed by atoms with van der Waals surface area (Å²) in [7, 11) is 0. The van der Waals surface area contributed by atoms with Gasteiger partial charge in [0.05, 0.1) is 6.61 Å². The van der Waals surface area contributed by atoms with Crippen molar-refractivity contribution in [1.82, 2.24) is 0 Å². The highest BCUT2D eigenvalue weighted by atomic mass is 16.5. The van der Waals surface area contributed by atoms with E-state index < -0.39 is 0 Å². The van der Waals surface area contributed by atoms with Gasteiger partial charge in [-0.1, -0.05) is 32.6 Å². The fourth-order valence-corrected chi connectivity index (χ4v) is 1.80. The van der Waals surface area contributed by atoms with Crippen molar-refractivity contribution in [3.63, 3.8) is 0 Å². The average Bonchev–Trinajstić information content (AvgIpc) is 2.35. The van der Waals surface area contributed by atoms with Gasteiger partial charge >= 0.3 is 0 Å². The minimum atomic E-state index is 0.706. The van der Waals surface area contributed by atoms with Crippen molar-refractivity contribution < 1.29 is 9.53 Å². The number of ether oxygens (including phenoxy) is 1. The van der Waals surface area contributed by atoms with Gasteiger partial charge in [0.25, 0.3) is 0 Å². The number of benzene rings is 1. The molecular weight excluding hydrogens is 212 g/mol. The first-order valence-corrected chi connectivity index (χ1v) is 6.46. The monoisotopic (exact) mass is 234 g/mol. The van der Waals surface area contributed by atoms with E-state index in [0.717, 1.165) is 30.6 Å².